The summed E-state index contributed by atoms with van der Waals surface area (Å²) >= 11 is 5.69. The van der Waals surface area contributed by atoms with Gasteiger partial charge in [0.2, 0.25) is 24.0 Å². The zero-order valence-electron chi connectivity index (χ0n) is 9.76. The largest absolute Gasteiger partial charge is 0.454 e. The van der Waals surface area contributed by atoms with E-state index in [1.807, 2.05) is 18.2 Å². The molecule has 19 heavy (non-hydrogen) atoms. The SMILES string of the molecule is Nc1nc(Cl)nc(NCc2ccc3c(c2)OCO3)n1. The van der Waals surface area contributed by atoms with Gasteiger partial charge in [0, 0.05) is 6.54 Å². The maximum absolute atomic E-state index is 5.69. The smallest absolute Gasteiger partial charge is 0.231 e. The van der Waals surface area contributed by atoms with Gasteiger partial charge in [-0.2, -0.15) is 15.0 Å². The maximum atomic E-state index is 5.69. The summed E-state index contributed by atoms with van der Waals surface area (Å²) in [6, 6.07) is 5.67. The molecule has 1 aliphatic heterocycles. The Kier molecular flexibility index (Phi) is 2.96. The van der Waals surface area contributed by atoms with E-state index < -0.39 is 0 Å². The Morgan fingerprint density at radius 3 is 2.89 bits per heavy atom. The maximum Gasteiger partial charge on any atom is 0.231 e. The summed E-state index contributed by atoms with van der Waals surface area (Å²) in [5, 5.41) is 3.07. The van der Waals surface area contributed by atoms with Crippen LogP contribution in [0, 0.1) is 0 Å². The van der Waals surface area contributed by atoms with Crippen LogP contribution in [0.4, 0.5) is 11.9 Å². The topological polar surface area (TPSA) is 95.2 Å². The van der Waals surface area contributed by atoms with Crippen molar-refractivity contribution in [3.63, 3.8) is 0 Å². The molecule has 2 aromatic rings. The van der Waals surface area contributed by atoms with Crippen molar-refractivity contribution in [3.8, 4) is 11.5 Å². The number of hydrogen-bond donors (Lipinski definition) is 2. The van der Waals surface area contributed by atoms with Crippen molar-refractivity contribution in [1.29, 1.82) is 0 Å². The zero-order chi connectivity index (χ0) is 13.2. The predicted molar refractivity (Wildman–Crippen MR) is 69.1 cm³/mol. The van der Waals surface area contributed by atoms with Gasteiger partial charge in [-0.05, 0) is 29.3 Å². The van der Waals surface area contributed by atoms with Crippen LogP contribution in [0.1, 0.15) is 5.56 Å². The molecule has 8 heteroatoms. The molecular weight excluding hydrogens is 270 g/mol. The Morgan fingerprint density at radius 2 is 2.05 bits per heavy atom. The number of nitrogens with zero attached hydrogens (tertiary/aromatic N) is 3. The lowest BCUT2D eigenvalue weighted by molar-refractivity contribution is 0.174. The number of benzene rings is 1. The molecule has 98 valence electrons. The molecule has 0 spiro atoms. The first kappa shape index (κ1) is 11.8. The molecule has 0 radical (unpaired) electrons. The third-order valence-corrected chi connectivity index (χ3v) is 2.68. The molecule has 1 aromatic heterocycles. The number of anilines is 2. The zero-order valence-corrected chi connectivity index (χ0v) is 10.5. The Bertz CT molecular complexity index is 602. The highest BCUT2D eigenvalue weighted by atomic mass is 35.5. The number of rotatable bonds is 3. The molecule has 0 unspecified atom stereocenters. The minimum atomic E-state index is 0.0562. The first-order chi connectivity index (χ1) is 9.20. The minimum absolute atomic E-state index is 0.0562. The van der Waals surface area contributed by atoms with Gasteiger partial charge in [-0.3, -0.25) is 0 Å². The van der Waals surface area contributed by atoms with Crippen LogP contribution < -0.4 is 20.5 Å². The van der Waals surface area contributed by atoms with Crippen LogP contribution in [0.15, 0.2) is 18.2 Å². The van der Waals surface area contributed by atoms with E-state index in [2.05, 4.69) is 20.3 Å². The number of aromatic nitrogens is 3. The van der Waals surface area contributed by atoms with Gasteiger partial charge in [0.1, 0.15) is 0 Å². The van der Waals surface area contributed by atoms with E-state index in [-0.39, 0.29) is 18.0 Å². The highest BCUT2D eigenvalue weighted by Gasteiger charge is 2.13. The van der Waals surface area contributed by atoms with Gasteiger partial charge in [0.05, 0.1) is 0 Å². The average Bonchev–Trinajstić information content (AvgIpc) is 2.82. The summed E-state index contributed by atoms with van der Waals surface area (Å²) in [5.41, 5.74) is 6.48. The Hall–Kier alpha value is -2.28. The van der Waals surface area contributed by atoms with Crippen molar-refractivity contribution >= 4 is 23.5 Å². The van der Waals surface area contributed by atoms with Crippen LogP contribution in [0.3, 0.4) is 0 Å². The van der Waals surface area contributed by atoms with Gasteiger partial charge in [0.25, 0.3) is 0 Å². The van der Waals surface area contributed by atoms with Crippen molar-refractivity contribution < 1.29 is 9.47 Å². The second-order valence-electron chi connectivity index (χ2n) is 3.83. The monoisotopic (exact) mass is 279 g/mol. The summed E-state index contributed by atoms with van der Waals surface area (Å²) in [6.07, 6.45) is 0. The molecule has 0 bridgehead atoms. The first-order valence-electron chi connectivity index (χ1n) is 5.50. The quantitative estimate of drug-likeness (QED) is 0.878. The second kappa shape index (κ2) is 4.77. The number of nitrogens with one attached hydrogen (secondary N) is 1. The van der Waals surface area contributed by atoms with Gasteiger partial charge in [0.15, 0.2) is 11.5 Å². The van der Waals surface area contributed by atoms with E-state index >= 15 is 0 Å². The Labute approximate surface area is 113 Å². The lowest BCUT2D eigenvalue weighted by Gasteiger charge is -2.06. The summed E-state index contributed by atoms with van der Waals surface area (Å²) in [4.78, 5) is 11.5. The van der Waals surface area contributed by atoms with Crippen LogP contribution in [0.2, 0.25) is 5.28 Å². The Balaban J connectivity index is 1.72. The van der Waals surface area contributed by atoms with Gasteiger partial charge in [-0.15, -0.1) is 0 Å². The third kappa shape index (κ3) is 2.60. The van der Waals surface area contributed by atoms with Gasteiger partial charge in [-0.25, -0.2) is 0 Å². The van der Waals surface area contributed by atoms with Gasteiger partial charge < -0.3 is 20.5 Å². The number of halogens is 1. The van der Waals surface area contributed by atoms with E-state index in [1.54, 1.807) is 0 Å². The number of fused-ring (bicyclic) bond motifs is 1. The first-order valence-corrected chi connectivity index (χ1v) is 5.88. The Morgan fingerprint density at radius 1 is 1.21 bits per heavy atom. The molecule has 0 atom stereocenters. The molecule has 7 nitrogen and oxygen atoms in total. The molecule has 3 rings (SSSR count). The van der Waals surface area contributed by atoms with Crippen molar-refractivity contribution in [2.75, 3.05) is 17.8 Å². The molecule has 0 fully saturated rings. The third-order valence-electron chi connectivity index (χ3n) is 2.51. The highest BCUT2D eigenvalue weighted by molar-refractivity contribution is 6.28. The molecule has 0 saturated carbocycles. The number of hydrogen-bond acceptors (Lipinski definition) is 7. The van der Waals surface area contributed by atoms with Crippen LogP contribution in [-0.4, -0.2) is 21.7 Å². The van der Waals surface area contributed by atoms with E-state index in [0.29, 0.717) is 12.5 Å². The van der Waals surface area contributed by atoms with Crippen molar-refractivity contribution in [1.82, 2.24) is 15.0 Å². The second-order valence-corrected chi connectivity index (χ2v) is 4.17. The molecular formula is C11H10ClN5O2. The summed E-state index contributed by atoms with van der Waals surface area (Å²) < 4.78 is 10.5. The van der Waals surface area contributed by atoms with E-state index in [4.69, 9.17) is 26.8 Å². The number of nitrogen functional groups attached to an aromatic ring is 1. The van der Waals surface area contributed by atoms with Gasteiger partial charge in [-0.1, -0.05) is 6.07 Å². The number of ether oxygens (including phenoxy) is 2. The van der Waals surface area contributed by atoms with Crippen molar-refractivity contribution in [2.24, 2.45) is 0 Å². The molecule has 3 N–H and O–H groups in total. The van der Waals surface area contributed by atoms with Crippen molar-refractivity contribution in [2.45, 2.75) is 6.54 Å². The fourth-order valence-electron chi connectivity index (χ4n) is 1.68. The normalized spacial score (nSPS) is 12.5. The summed E-state index contributed by atoms with van der Waals surface area (Å²) in [7, 11) is 0. The van der Waals surface area contributed by atoms with E-state index in [0.717, 1.165) is 17.1 Å². The predicted octanol–water partition coefficient (Wildman–Crippen LogP) is 1.45. The van der Waals surface area contributed by atoms with E-state index in [1.165, 1.54) is 0 Å². The lowest BCUT2D eigenvalue weighted by atomic mass is 10.2. The standard InChI is InChI=1S/C11H10ClN5O2/c12-9-15-10(13)17-11(16-9)14-4-6-1-2-7-8(3-6)19-5-18-7/h1-3H,4-5H2,(H3,13,14,15,16,17). The molecule has 1 aromatic carbocycles. The van der Waals surface area contributed by atoms with Crippen LogP contribution >= 0.6 is 11.6 Å². The molecule has 2 heterocycles. The lowest BCUT2D eigenvalue weighted by Crippen LogP contribution is -2.07. The molecule has 0 amide bonds. The van der Waals surface area contributed by atoms with E-state index in [9.17, 15) is 0 Å². The molecule has 1 aliphatic rings. The molecule has 0 aliphatic carbocycles. The summed E-state index contributed by atoms with van der Waals surface area (Å²) in [6.45, 7) is 0.766. The number of nitrogens with two attached hydrogens (primary N) is 1. The fraction of sp³-hybridized carbons (Fsp3) is 0.182. The van der Waals surface area contributed by atoms with Gasteiger partial charge >= 0.3 is 0 Å². The van der Waals surface area contributed by atoms with Crippen molar-refractivity contribution in [3.05, 3.63) is 29.0 Å². The average molecular weight is 280 g/mol. The van der Waals surface area contributed by atoms with Crippen LogP contribution in [0.5, 0.6) is 11.5 Å². The fourth-order valence-corrected chi connectivity index (χ4v) is 1.84. The minimum Gasteiger partial charge on any atom is -0.454 e. The van der Waals surface area contributed by atoms with Crippen LogP contribution in [-0.2, 0) is 6.54 Å². The highest BCUT2D eigenvalue weighted by Crippen LogP contribution is 2.32. The molecule has 0 saturated heterocycles. The summed E-state index contributed by atoms with van der Waals surface area (Å²) in [5.74, 6) is 1.88. The van der Waals surface area contributed by atoms with Crippen LogP contribution in [0.25, 0.3) is 0 Å².